The van der Waals surface area contributed by atoms with E-state index in [4.69, 9.17) is 13.9 Å². The smallest absolute Gasteiger partial charge is 0.184 e. The Bertz CT molecular complexity index is 760. The van der Waals surface area contributed by atoms with Crippen LogP contribution in [0.2, 0.25) is 19.6 Å². The Morgan fingerprint density at radius 3 is 2.81 bits per heavy atom. The quantitative estimate of drug-likeness (QED) is 0.515. The Hall–Kier alpha value is -0.823. The van der Waals surface area contributed by atoms with Gasteiger partial charge in [0, 0.05) is 23.0 Å². The summed E-state index contributed by atoms with van der Waals surface area (Å²) in [6, 6.07) is 2.05. The van der Waals surface area contributed by atoms with Crippen LogP contribution in [0.25, 0.3) is 0 Å². The van der Waals surface area contributed by atoms with Gasteiger partial charge in [0.15, 0.2) is 19.8 Å². The molecular formula is C20H28BrNO3Si. The number of hydrogen-bond donors (Lipinski definition) is 0. The van der Waals surface area contributed by atoms with E-state index in [0.29, 0.717) is 0 Å². The summed E-state index contributed by atoms with van der Waals surface area (Å²) in [5.74, 6) is 1.76. The molecule has 4 rings (SSSR count). The second-order valence-electron chi connectivity index (χ2n) is 8.74. The standard InChI is InChI=1S/C20H28BrNO3Si/c1-22-9-8-20-7-6-13(25-26(3,4)5)10-17(20)24-19-16(23-2)11-15(21)14(12-22)18(19)20/h6-7,11,13,17H,8-10,12H2,1-5H3/t13-,17?,20?/m0/s1. The molecule has 142 valence electrons. The summed E-state index contributed by atoms with van der Waals surface area (Å²) in [7, 11) is 2.32. The van der Waals surface area contributed by atoms with E-state index in [1.807, 2.05) is 0 Å². The average molecular weight is 438 g/mol. The van der Waals surface area contributed by atoms with Crippen molar-refractivity contribution in [1.29, 1.82) is 0 Å². The van der Waals surface area contributed by atoms with Gasteiger partial charge in [-0.3, -0.25) is 0 Å². The molecule has 0 radical (unpaired) electrons. The van der Waals surface area contributed by atoms with E-state index in [1.165, 1.54) is 11.1 Å². The fourth-order valence-corrected chi connectivity index (χ4v) is 6.24. The van der Waals surface area contributed by atoms with Gasteiger partial charge in [0.2, 0.25) is 0 Å². The van der Waals surface area contributed by atoms with Crippen LogP contribution in [-0.2, 0) is 16.4 Å². The minimum Gasteiger partial charge on any atom is -0.493 e. The summed E-state index contributed by atoms with van der Waals surface area (Å²) in [5.41, 5.74) is 2.57. The van der Waals surface area contributed by atoms with Gasteiger partial charge in [0.1, 0.15) is 6.10 Å². The average Bonchev–Trinajstić information content (AvgIpc) is 2.80. The first kappa shape index (κ1) is 18.5. The Kier molecular flexibility index (Phi) is 4.54. The van der Waals surface area contributed by atoms with Crippen molar-refractivity contribution >= 4 is 24.2 Å². The Balaban J connectivity index is 1.83. The zero-order valence-corrected chi connectivity index (χ0v) is 18.9. The minimum atomic E-state index is -1.59. The second-order valence-corrected chi connectivity index (χ2v) is 14.1. The van der Waals surface area contributed by atoms with E-state index < -0.39 is 8.32 Å². The van der Waals surface area contributed by atoms with Crippen molar-refractivity contribution in [3.05, 3.63) is 33.8 Å². The molecule has 2 heterocycles. The van der Waals surface area contributed by atoms with E-state index in [2.05, 4.69) is 65.7 Å². The van der Waals surface area contributed by atoms with E-state index in [1.54, 1.807) is 7.11 Å². The Morgan fingerprint density at radius 2 is 2.12 bits per heavy atom. The first-order valence-electron chi connectivity index (χ1n) is 9.36. The number of benzene rings is 1. The maximum atomic E-state index is 6.56. The van der Waals surface area contributed by atoms with Crippen LogP contribution >= 0.6 is 15.9 Å². The van der Waals surface area contributed by atoms with Crippen LogP contribution in [0.15, 0.2) is 22.7 Å². The van der Waals surface area contributed by atoms with E-state index >= 15 is 0 Å². The zero-order chi connectivity index (χ0) is 18.7. The lowest BCUT2D eigenvalue weighted by molar-refractivity contribution is 0.0891. The molecule has 4 nitrogen and oxygen atoms in total. The van der Waals surface area contributed by atoms with Gasteiger partial charge in [-0.15, -0.1) is 0 Å². The van der Waals surface area contributed by atoms with Gasteiger partial charge in [0.25, 0.3) is 0 Å². The fourth-order valence-electron chi connectivity index (χ4n) is 4.62. The molecule has 0 aromatic heterocycles. The van der Waals surface area contributed by atoms with Crippen LogP contribution < -0.4 is 9.47 Å². The number of nitrogens with zero attached hydrogens (tertiary/aromatic N) is 1. The van der Waals surface area contributed by atoms with Gasteiger partial charge < -0.3 is 18.8 Å². The first-order valence-corrected chi connectivity index (χ1v) is 13.6. The number of hydrogen-bond acceptors (Lipinski definition) is 4. The van der Waals surface area contributed by atoms with Crippen LogP contribution in [0.3, 0.4) is 0 Å². The summed E-state index contributed by atoms with van der Waals surface area (Å²) in [4.78, 5) is 2.40. The van der Waals surface area contributed by atoms with Gasteiger partial charge in [-0.2, -0.15) is 0 Å². The summed E-state index contributed by atoms with van der Waals surface area (Å²) < 4.78 is 19.7. The number of ether oxygens (including phenoxy) is 2. The van der Waals surface area contributed by atoms with E-state index in [0.717, 1.165) is 41.9 Å². The molecule has 1 aromatic rings. The highest BCUT2D eigenvalue weighted by Gasteiger charge is 2.53. The maximum Gasteiger partial charge on any atom is 0.184 e. The van der Waals surface area contributed by atoms with Gasteiger partial charge in [0.05, 0.1) is 18.6 Å². The highest BCUT2D eigenvalue weighted by Crippen LogP contribution is 2.57. The molecule has 3 atom stereocenters. The molecule has 0 saturated heterocycles. The predicted molar refractivity (Wildman–Crippen MR) is 110 cm³/mol. The summed E-state index contributed by atoms with van der Waals surface area (Å²) in [6.07, 6.45) is 6.88. The fraction of sp³-hybridized carbons (Fsp3) is 0.600. The zero-order valence-electron chi connectivity index (χ0n) is 16.3. The molecule has 0 bridgehead atoms. The third-order valence-corrected chi connectivity index (χ3v) is 7.43. The highest BCUT2D eigenvalue weighted by molar-refractivity contribution is 9.10. The second kappa shape index (κ2) is 6.36. The molecule has 3 aliphatic rings. The topological polar surface area (TPSA) is 30.9 Å². The summed E-state index contributed by atoms with van der Waals surface area (Å²) in [5, 5.41) is 0. The lowest BCUT2D eigenvalue weighted by Gasteiger charge is -2.38. The van der Waals surface area contributed by atoms with Crippen molar-refractivity contribution in [2.45, 2.75) is 56.7 Å². The molecule has 26 heavy (non-hydrogen) atoms. The van der Waals surface area contributed by atoms with Crippen molar-refractivity contribution in [2.75, 3.05) is 20.7 Å². The highest BCUT2D eigenvalue weighted by atomic mass is 79.9. The van der Waals surface area contributed by atoms with Crippen molar-refractivity contribution in [2.24, 2.45) is 0 Å². The van der Waals surface area contributed by atoms with Crippen molar-refractivity contribution in [3.63, 3.8) is 0 Å². The van der Waals surface area contributed by atoms with Gasteiger partial charge in [-0.25, -0.2) is 0 Å². The molecule has 0 fully saturated rings. The van der Waals surface area contributed by atoms with Crippen molar-refractivity contribution < 1.29 is 13.9 Å². The van der Waals surface area contributed by atoms with Crippen LogP contribution in [0, 0.1) is 0 Å². The van der Waals surface area contributed by atoms with Crippen LogP contribution in [0.1, 0.15) is 24.0 Å². The third-order valence-electron chi connectivity index (χ3n) is 5.71. The molecule has 0 N–H and O–H groups in total. The lowest BCUT2D eigenvalue weighted by Crippen LogP contribution is -2.45. The minimum absolute atomic E-state index is 0.0776. The predicted octanol–water partition coefficient (Wildman–Crippen LogP) is 4.47. The molecule has 2 unspecified atom stereocenters. The third kappa shape index (κ3) is 2.95. The molecule has 6 heteroatoms. The van der Waals surface area contributed by atoms with Crippen LogP contribution in [0.4, 0.5) is 0 Å². The summed E-state index contributed by atoms with van der Waals surface area (Å²) in [6.45, 7) is 8.71. The van der Waals surface area contributed by atoms with E-state index in [-0.39, 0.29) is 17.6 Å². The molecule has 2 aliphatic heterocycles. The SMILES string of the molecule is COc1cc(Br)c2c3c1OC1C[C@@H](O[Si](C)(C)C)C=CC31CCN(C)C2. The molecule has 1 spiro atoms. The van der Waals surface area contributed by atoms with Crippen LogP contribution in [-0.4, -0.2) is 46.1 Å². The molecule has 1 aromatic carbocycles. The maximum absolute atomic E-state index is 6.56. The van der Waals surface area contributed by atoms with Gasteiger partial charge in [-0.05, 0) is 51.3 Å². The van der Waals surface area contributed by atoms with Crippen LogP contribution in [0.5, 0.6) is 11.5 Å². The normalized spacial score (nSPS) is 30.4. The molecular weight excluding hydrogens is 410 g/mol. The molecule has 0 amide bonds. The van der Waals surface area contributed by atoms with Gasteiger partial charge >= 0.3 is 0 Å². The molecule has 1 aliphatic carbocycles. The monoisotopic (exact) mass is 437 g/mol. The van der Waals surface area contributed by atoms with Gasteiger partial charge in [-0.1, -0.05) is 28.1 Å². The lowest BCUT2D eigenvalue weighted by atomic mass is 9.69. The van der Waals surface area contributed by atoms with Crippen molar-refractivity contribution in [1.82, 2.24) is 4.90 Å². The van der Waals surface area contributed by atoms with E-state index in [9.17, 15) is 0 Å². The molecule has 0 saturated carbocycles. The number of methoxy groups -OCH3 is 1. The Morgan fingerprint density at radius 1 is 1.35 bits per heavy atom. The largest absolute Gasteiger partial charge is 0.493 e. The Labute approximate surface area is 165 Å². The summed E-state index contributed by atoms with van der Waals surface area (Å²) >= 11 is 3.78. The number of rotatable bonds is 3. The van der Waals surface area contributed by atoms with Crippen molar-refractivity contribution in [3.8, 4) is 11.5 Å². The first-order chi connectivity index (χ1) is 12.2. The number of halogens is 1.